The van der Waals surface area contributed by atoms with Crippen molar-refractivity contribution in [3.63, 3.8) is 0 Å². The van der Waals surface area contributed by atoms with Crippen molar-refractivity contribution in [2.24, 2.45) is 4.99 Å². The summed E-state index contributed by atoms with van der Waals surface area (Å²) in [6.07, 6.45) is -1.15. The van der Waals surface area contributed by atoms with Crippen LogP contribution in [0.1, 0.15) is 16.7 Å². The van der Waals surface area contributed by atoms with E-state index in [0.29, 0.717) is 22.7 Å². The molecule has 0 radical (unpaired) electrons. The summed E-state index contributed by atoms with van der Waals surface area (Å²) < 4.78 is 44.6. The molecule has 7 heteroatoms. The summed E-state index contributed by atoms with van der Waals surface area (Å²) in [5, 5.41) is 0. The summed E-state index contributed by atoms with van der Waals surface area (Å²) in [6, 6.07) is 5.21. The Morgan fingerprint density at radius 1 is 1.19 bits per heavy atom. The van der Waals surface area contributed by atoms with E-state index < -0.39 is 11.7 Å². The summed E-state index contributed by atoms with van der Waals surface area (Å²) in [6.45, 7) is 0.199. The number of fused-ring (bicyclic) bond motifs is 1. The van der Waals surface area contributed by atoms with Gasteiger partial charge in [0.05, 0.1) is 16.8 Å². The lowest BCUT2D eigenvalue weighted by atomic mass is 10.1. The van der Waals surface area contributed by atoms with Crippen LogP contribution in [0.4, 0.5) is 18.9 Å². The molecule has 1 aliphatic heterocycles. The number of aromatic nitrogens is 1. The van der Waals surface area contributed by atoms with Crippen LogP contribution in [-0.2, 0) is 17.5 Å². The zero-order valence-corrected chi connectivity index (χ0v) is 12.6. The van der Waals surface area contributed by atoms with Crippen LogP contribution in [-0.4, -0.2) is 10.9 Å². The van der Waals surface area contributed by atoms with Crippen LogP contribution >= 0.6 is 22.6 Å². The number of halogens is 4. The topological polar surface area (TPSA) is 34.5 Å². The molecule has 0 spiro atoms. The number of alkyl halides is 3. The van der Waals surface area contributed by atoms with Gasteiger partial charge in [-0.3, -0.25) is 4.98 Å². The molecule has 0 unspecified atom stereocenters. The normalized spacial score (nSPS) is 14.2. The maximum absolute atomic E-state index is 12.8. The zero-order chi connectivity index (χ0) is 15.0. The Labute approximate surface area is 132 Å². The van der Waals surface area contributed by atoms with Crippen molar-refractivity contribution in [1.82, 2.24) is 4.98 Å². The molecule has 0 amide bonds. The van der Waals surface area contributed by atoms with Gasteiger partial charge < -0.3 is 4.74 Å². The van der Waals surface area contributed by atoms with Crippen molar-refractivity contribution in [3.8, 4) is 0 Å². The van der Waals surface area contributed by atoms with Gasteiger partial charge in [0.25, 0.3) is 0 Å². The van der Waals surface area contributed by atoms with Gasteiger partial charge in [0.1, 0.15) is 6.61 Å². The number of aliphatic imine (C=N–C) groups is 1. The highest BCUT2D eigenvalue weighted by Crippen LogP contribution is 2.35. The number of rotatable bonds is 1. The fourth-order valence-electron chi connectivity index (χ4n) is 1.94. The minimum Gasteiger partial charge on any atom is -0.472 e. The Morgan fingerprint density at radius 3 is 2.71 bits per heavy atom. The second kappa shape index (κ2) is 5.28. The molecule has 0 N–H and O–H groups in total. The fourth-order valence-corrected chi connectivity index (χ4v) is 2.51. The summed E-state index contributed by atoms with van der Waals surface area (Å²) in [5.74, 6) is 0.314. The molecule has 0 aliphatic carbocycles. The van der Waals surface area contributed by atoms with E-state index >= 15 is 0 Å². The molecule has 0 fully saturated rings. The fraction of sp³-hybridized carbons (Fsp3) is 0.143. The third-order valence-electron chi connectivity index (χ3n) is 3.00. The minimum atomic E-state index is -4.38. The molecule has 1 aliphatic rings. The molecule has 2 heterocycles. The number of hydrogen-bond acceptors (Lipinski definition) is 3. The van der Waals surface area contributed by atoms with Gasteiger partial charge in [-0.05, 0) is 40.8 Å². The second-order valence-electron chi connectivity index (χ2n) is 4.40. The molecule has 21 heavy (non-hydrogen) atoms. The summed E-state index contributed by atoms with van der Waals surface area (Å²) in [4.78, 5) is 8.18. The first-order valence-corrected chi connectivity index (χ1v) is 7.04. The molecular formula is C14H8F3IN2O. The lowest BCUT2D eigenvalue weighted by Crippen LogP contribution is -2.13. The number of pyridine rings is 1. The lowest BCUT2D eigenvalue weighted by Gasteiger charge is -2.18. The van der Waals surface area contributed by atoms with Crippen LogP contribution in [0.2, 0.25) is 0 Å². The second-order valence-corrected chi connectivity index (χ2v) is 5.56. The van der Waals surface area contributed by atoms with Gasteiger partial charge in [-0.25, -0.2) is 4.99 Å². The van der Waals surface area contributed by atoms with Gasteiger partial charge in [-0.15, -0.1) is 0 Å². The predicted molar refractivity (Wildman–Crippen MR) is 79.4 cm³/mol. The van der Waals surface area contributed by atoms with E-state index in [1.54, 1.807) is 18.5 Å². The van der Waals surface area contributed by atoms with Crippen molar-refractivity contribution in [3.05, 3.63) is 56.9 Å². The Kier molecular flexibility index (Phi) is 3.60. The molecule has 2 aromatic rings. The van der Waals surface area contributed by atoms with E-state index in [4.69, 9.17) is 4.74 Å². The van der Waals surface area contributed by atoms with Crippen molar-refractivity contribution >= 4 is 34.2 Å². The standard InChI is InChI=1S/C14H8F3IN2O/c15-14(16,17)9-2-1-8-7-21-13(20-12(8)5-9)10-3-4-19-6-11(10)18/h1-6H,7H2. The third kappa shape index (κ3) is 2.87. The monoisotopic (exact) mass is 404 g/mol. The summed E-state index contributed by atoms with van der Waals surface area (Å²) >= 11 is 2.08. The average molecular weight is 404 g/mol. The molecule has 1 aromatic carbocycles. The van der Waals surface area contributed by atoms with Crippen LogP contribution in [0.3, 0.4) is 0 Å². The highest BCUT2D eigenvalue weighted by molar-refractivity contribution is 14.1. The van der Waals surface area contributed by atoms with Gasteiger partial charge in [-0.2, -0.15) is 13.2 Å². The largest absolute Gasteiger partial charge is 0.472 e. The first-order valence-electron chi connectivity index (χ1n) is 5.96. The quantitative estimate of drug-likeness (QED) is 0.664. The maximum atomic E-state index is 12.8. The Hall–Kier alpha value is -1.64. The van der Waals surface area contributed by atoms with Crippen LogP contribution < -0.4 is 0 Å². The predicted octanol–water partition coefficient (Wildman–Crippen LogP) is 4.31. The van der Waals surface area contributed by atoms with Gasteiger partial charge in [0.2, 0.25) is 5.90 Å². The lowest BCUT2D eigenvalue weighted by molar-refractivity contribution is -0.137. The zero-order valence-electron chi connectivity index (χ0n) is 10.5. The highest BCUT2D eigenvalue weighted by Gasteiger charge is 2.31. The van der Waals surface area contributed by atoms with E-state index in [1.807, 2.05) is 0 Å². The van der Waals surface area contributed by atoms with E-state index in [2.05, 4.69) is 32.6 Å². The first kappa shape index (κ1) is 14.3. The van der Waals surface area contributed by atoms with Gasteiger partial charge >= 0.3 is 6.18 Å². The summed E-state index contributed by atoms with van der Waals surface area (Å²) in [7, 11) is 0. The van der Waals surface area contributed by atoms with Crippen molar-refractivity contribution < 1.29 is 17.9 Å². The van der Waals surface area contributed by atoms with Gasteiger partial charge in [0.15, 0.2) is 0 Å². The number of ether oxygens (including phenoxy) is 1. The molecule has 0 atom stereocenters. The van der Waals surface area contributed by atoms with E-state index in [1.165, 1.54) is 6.07 Å². The average Bonchev–Trinajstić information content (AvgIpc) is 2.45. The summed E-state index contributed by atoms with van der Waals surface area (Å²) in [5.41, 5.74) is 0.929. The molecule has 0 saturated heterocycles. The van der Waals surface area contributed by atoms with Crippen LogP contribution in [0.5, 0.6) is 0 Å². The Morgan fingerprint density at radius 2 is 2.00 bits per heavy atom. The van der Waals surface area contributed by atoms with Gasteiger partial charge in [-0.1, -0.05) is 6.07 Å². The molecule has 0 bridgehead atoms. The Balaban J connectivity index is 2.06. The first-order chi connectivity index (χ1) is 9.95. The number of nitrogens with zero attached hydrogens (tertiary/aromatic N) is 2. The third-order valence-corrected chi connectivity index (χ3v) is 3.86. The molecule has 3 nitrogen and oxygen atoms in total. The molecule has 3 rings (SSSR count). The van der Waals surface area contributed by atoms with E-state index in [9.17, 15) is 13.2 Å². The van der Waals surface area contributed by atoms with E-state index in [0.717, 1.165) is 15.7 Å². The van der Waals surface area contributed by atoms with Crippen molar-refractivity contribution in [1.29, 1.82) is 0 Å². The molecule has 0 saturated carbocycles. The van der Waals surface area contributed by atoms with Crippen LogP contribution in [0.25, 0.3) is 0 Å². The molecule has 108 valence electrons. The maximum Gasteiger partial charge on any atom is 0.416 e. The SMILES string of the molecule is FC(F)(F)c1ccc2c(c1)N=C(c1ccncc1I)OC2. The van der Waals surface area contributed by atoms with Crippen LogP contribution in [0.15, 0.2) is 41.7 Å². The van der Waals surface area contributed by atoms with Crippen molar-refractivity contribution in [2.45, 2.75) is 12.8 Å². The molecule has 1 aromatic heterocycles. The smallest absolute Gasteiger partial charge is 0.416 e. The van der Waals surface area contributed by atoms with Gasteiger partial charge in [0, 0.05) is 21.5 Å². The molecular weight excluding hydrogens is 396 g/mol. The van der Waals surface area contributed by atoms with Crippen LogP contribution in [0, 0.1) is 3.57 Å². The Bertz CT molecular complexity index is 728. The minimum absolute atomic E-state index is 0.199. The number of hydrogen-bond donors (Lipinski definition) is 0. The number of benzene rings is 1. The highest BCUT2D eigenvalue weighted by atomic mass is 127. The van der Waals surface area contributed by atoms with E-state index in [-0.39, 0.29) is 6.61 Å². The van der Waals surface area contributed by atoms with Crippen molar-refractivity contribution in [2.75, 3.05) is 0 Å².